The van der Waals surface area contributed by atoms with Crippen molar-refractivity contribution < 1.29 is 9.53 Å². The number of rotatable bonds is 2. The van der Waals surface area contributed by atoms with Gasteiger partial charge in [0.05, 0.1) is 0 Å². The molecule has 1 aromatic carbocycles. The molecule has 21 heavy (non-hydrogen) atoms. The van der Waals surface area contributed by atoms with Crippen molar-refractivity contribution in [1.82, 2.24) is 10.2 Å². The Morgan fingerprint density at radius 1 is 1.43 bits per heavy atom. The molecule has 2 rings (SSSR count). The number of nitrogens with zero attached hydrogens (tertiary/aromatic N) is 1. The molecule has 0 aliphatic carbocycles. The van der Waals surface area contributed by atoms with E-state index in [1.165, 1.54) is 0 Å². The van der Waals surface area contributed by atoms with Crippen LogP contribution in [0.5, 0.6) is 0 Å². The Hall–Kier alpha value is -1.26. The zero-order valence-electron chi connectivity index (χ0n) is 12.9. The second kappa shape index (κ2) is 6.67. The van der Waals surface area contributed by atoms with E-state index in [4.69, 9.17) is 16.3 Å². The van der Waals surface area contributed by atoms with Gasteiger partial charge in [0.1, 0.15) is 5.60 Å². The van der Waals surface area contributed by atoms with Crippen LogP contribution >= 0.6 is 11.6 Å². The summed E-state index contributed by atoms with van der Waals surface area (Å²) in [5, 5.41) is 4.21. The van der Waals surface area contributed by atoms with Crippen molar-refractivity contribution in [3.05, 3.63) is 34.9 Å². The molecule has 0 spiro atoms. The Kier molecular flexibility index (Phi) is 5.12. The monoisotopic (exact) mass is 310 g/mol. The number of carbonyl (C=O) groups excluding carboxylic acids is 1. The van der Waals surface area contributed by atoms with Gasteiger partial charge in [-0.3, -0.25) is 0 Å². The van der Waals surface area contributed by atoms with Crippen molar-refractivity contribution in [2.75, 3.05) is 19.6 Å². The van der Waals surface area contributed by atoms with Gasteiger partial charge in [-0.25, -0.2) is 4.79 Å². The Bertz CT molecular complexity index is 499. The largest absolute Gasteiger partial charge is 0.444 e. The molecule has 4 nitrogen and oxygen atoms in total. The molecule has 1 N–H and O–H groups in total. The lowest BCUT2D eigenvalue weighted by molar-refractivity contribution is 0.0195. The molecular formula is C16H23ClN2O2. The van der Waals surface area contributed by atoms with Gasteiger partial charge in [0.15, 0.2) is 0 Å². The average molecular weight is 311 g/mol. The third-order valence-corrected chi connectivity index (χ3v) is 3.70. The summed E-state index contributed by atoms with van der Waals surface area (Å²) in [4.78, 5) is 13.9. The fraction of sp³-hybridized carbons (Fsp3) is 0.562. The van der Waals surface area contributed by atoms with Crippen LogP contribution in [-0.2, 0) is 11.2 Å². The van der Waals surface area contributed by atoms with Crippen LogP contribution in [0, 0.1) is 0 Å². The molecule has 1 fully saturated rings. The third-order valence-electron chi connectivity index (χ3n) is 3.33. The second-order valence-corrected chi connectivity index (χ2v) is 6.78. The molecule has 1 atom stereocenters. The summed E-state index contributed by atoms with van der Waals surface area (Å²) in [5.41, 5.74) is 0.642. The van der Waals surface area contributed by atoms with Crippen LogP contribution in [0.15, 0.2) is 24.3 Å². The lowest BCUT2D eigenvalue weighted by Crippen LogP contribution is -2.54. The molecule has 0 radical (unpaired) electrons. The molecule has 1 aromatic rings. The van der Waals surface area contributed by atoms with Crippen LogP contribution < -0.4 is 5.32 Å². The van der Waals surface area contributed by atoms with Crippen LogP contribution in [0.3, 0.4) is 0 Å². The van der Waals surface area contributed by atoms with E-state index >= 15 is 0 Å². The van der Waals surface area contributed by atoms with E-state index in [9.17, 15) is 4.79 Å². The van der Waals surface area contributed by atoms with Gasteiger partial charge < -0.3 is 15.0 Å². The zero-order valence-corrected chi connectivity index (χ0v) is 13.6. The van der Waals surface area contributed by atoms with E-state index in [0.29, 0.717) is 13.1 Å². The lowest BCUT2D eigenvalue weighted by atomic mass is 10.0. The Morgan fingerprint density at radius 2 is 2.14 bits per heavy atom. The Balaban J connectivity index is 1.95. The second-order valence-electron chi connectivity index (χ2n) is 6.37. The van der Waals surface area contributed by atoms with E-state index in [1.54, 1.807) is 4.90 Å². The van der Waals surface area contributed by atoms with Crippen molar-refractivity contribution in [2.45, 2.75) is 38.8 Å². The molecule has 0 saturated carbocycles. The molecule has 0 aromatic heterocycles. The standard InChI is InChI=1S/C16H23ClN2O2/c1-16(2,3)21-15(20)19-9-8-18-13(11-19)10-12-6-4-5-7-14(12)17/h4-7,13,18H,8-11H2,1-3H3/t13-/m0/s1. The van der Waals surface area contributed by atoms with Crippen molar-refractivity contribution in [1.29, 1.82) is 0 Å². The van der Waals surface area contributed by atoms with E-state index in [2.05, 4.69) is 5.32 Å². The lowest BCUT2D eigenvalue weighted by Gasteiger charge is -2.35. The molecule has 1 aliphatic heterocycles. The van der Waals surface area contributed by atoms with Crippen LogP contribution in [0.2, 0.25) is 5.02 Å². The predicted molar refractivity (Wildman–Crippen MR) is 84.8 cm³/mol. The molecule has 1 aliphatic rings. The van der Waals surface area contributed by atoms with Crippen molar-refractivity contribution in [3.8, 4) is 0 Å². The first-order valence-electron chi connectivity index (χ1n) is 7.30. The van der Waals surface area contributed by atoms with E-state index in [-0.39, 0.29) is 12.1 Å². The van der Waals surface area contributed by atoms with E-state index in [1.807, 2.05) is 45.0 Å². The Morgan fingerprint density at radius 3 is 2.81 bits per heavy atom. The number of halogens is 1. The van der Waals surface area contributed by atoms with Crippen molar-refractivity contribution >= 4 is 17.7 Å². The smallest absolute Gasteiger partial charge is 0.410 e. The number of hydrogen-bond donors (Lipinski definition) is 1. The van der Waals surface area contributed by atoms with Gasteiger partial charge in [-0.15, -0.1) is 0 Å². The number of ether oxygens (including phenoxy) is 1. The maximum absolute atomic E-state index is 12.1. The van der Waals surface area contributed by atoms with Crippen LogP contribution in [-0.4, -0.2) is 42.3 Å². The molecule has 1 heterocycles. The molecule has 0 unspecified atom stereocenters. The van der Waals surface area contributed by atoms with Crippen LogP contribution in [0.4, 0.5) is 4.79 Å². The quantitative estimate of drug-likeness (QED) is 0.912. The normalized spacial score (nSPS) is 19.4. The van der Waals surface area contributed by atoms with E-state index < -0.39 is 5.60 Å². The summed E-state index contributed by atoms with van der Waals surface area (Å²) in [5.74, 6) is 0. The number of nitrogens with one attached hydrogen (secondary N) is 1. The van der Waals surface area contributed by atoms with Gasteiger partial charge in [-0.1, -0.05) is 29.8 Å². The minimum Gasteiger partial charge on any atom is -0.444 e. The van der Waals surface area contributed by atoms with Gasteiger partial charge >= 0.3 is 6.09 Å². The number of carbonyl (C=O) groups is 1. The predicted octanol–water partition coefficient (Wildman–Crippen LogP) is 3.09. The number of amides is 1. The van der Waals surface area contributed by atoms with Gasteiger partial charge in [-0.05, 0) is 38.8 Å². The van der Waals surface area contributed by atoms with Crippen molar-refractivity contribution in [2.24, 2.45) is 0 Å². The van der Waals surface area contributed by atoms with Gasteiger partial charge in [-0.2, -0.15) is 0 Å². The fourth-order valence-electron chi connectivity index (χ4n) is 2.38. The summed E-state index contributed by atoms with van der Waals surface area (Å²) in [6.45, 7) is 7.74. The van der Waals surface area contributed by atoms with Crippen molar-refractivity contribution in [3.63, 3.8) is 0 Å². The molecule has 1 amide bonds. The highest BCUT2D eigenvalue weighted by molar-refractivity contribution is 6.31. The van der Waals surface area contributed by atoms with Gasteiger partial charge in [0, 0.05) is 30.7 Å². The number of hydrogen-bond acceptors (Lipinski definition) is 3. The summed E-state index contributed by atoms with van der Waals surface area (Å²) < 4.78 is 5.43. The molecule has 116 valence electrons. The zero-order chi connectivity index (χ0) is 15.5. The maximum Gasteiger partial charge on any atom is 0.410 e. The van der Waals surface area contributed by atoms with E-state index in [0.717, 1.165) is 23.6 Å². The van der Waals surface area contributed by atoms with Crippen LogP contribution in [0.25, 0.3) is 0 Å². The summed E-state index contributed by atoms with van der Waals surface area (Å²) >= 11 is 6.20. The Labute approximate surface area is 131 Å². The molecule has 5 heteroatoms. The van der Waals surface area contributed by atoms with Crippen LogP contribution in [0.1, 0.15) is 26.3 Å². The van der Waals surface area contributed by atoms with Gasteiger partial charge in [0.2, 0.25) is 0 Å². The first-order valence-corrected chi connectivity index (χ1v) is 7.68. The first-order chi connectivity index (χ1) is 9.85. The summed E-state index contributed by atoms with van der Waals surface area (Å²) in [6.07, 6.45) is 0.562. The number of benzene rings is 1. The minimum absolute atomic E-state index is 0.200. The first kappa shape index (κ1) is 16.1. The molecule has 1 saturated heterocycles. The summed E-state index contributed by atoms with van der Waals surface area (Å²) in [7, 11) is 0. The summed E-state index contributed by atoms with van der Waals surface area (Å²) in [6, 6.07) is 8.02. The SMILES string of the molecule is CC(C)(C)OC(=O)N1CCN[C@@H](Cc2ccccc2Cl)C1. The van der Waals surface area contributed by atoms with Gasteiger partial charge in [0.25, 0.3) is 0 Å². The highest BCUT2D eigenvalue weighted by Crippen LogP contribution is 2.18. The third kappa shape index (κ3) is 4.90. The molecular weight excluding hydrogens is 288 g/mol. The minimum atomic E-state index is -0.458. The fourth-order valence-corrected chi connectivity index (χ4v) is 2.60. The topological polar surface area (TPSA) is 41.6 Å². The highest BCUT2D eigenvalue weighted by atomic mass is 35.5. The average Bonchev–Trinajstić information content (AvgIpc) is 2.40. The number of piperazine rings is 1. The maximum atomic E-state index is 12.1. The highest BCUT2D eigenvalue weighted by Gasteiger charge is 2.27. The molecule has 0 bridgehead atoms.